The number of hydrazone groups is 1. The topological polar surface area (TPSA) is 98.2 Å². The lowest BCUT2D eigenvalue weighted by Gasteiger charge is -2.11. The van der Waals surface area contributed by atoms with E-state index in [0.29, 0.717) is 28.4 Å². The summed E-state index contributed by atoms with van der Waals surface area (Å²) in [5.41, 5.74) is 3.23. The van der Waals surface area contributed by atoms with Crippen LogP contribution in [0.5, 0.6) is 17.2 Å². The first kappa shape index (κ1) is 21.3. The first-order valence-electron chi connectivity index (χ1n) is 8.57. The van der Waals surface area contributed by atoms with Gasteiger partial charge >= 0.3 is 0 Å². The summed E-state index contributed by atoms with van der Waals surface area (Å²) in [5.74, 6) is 2.76. The molecule has 150 valence electrons. The Balaban J connectivity index is 1.95. The molecule has 0 unspecified atom stereocenters. The number of amides is 2. The average Bonchev–Trinajstić information content (AvgIpc) is 2.76. The molecular formula is C21H21N3O5. The van der Waals surface area contributed by atoms with Crippen molar-refractivity contribution in [2.24, 2.45) is 5.10 Å². The lowest BCUT2D eigenvalue weighted by molar-refractivity contribution is -0.120. The number of terminal acetylenes is 1. The van der Waals surface area contributed by atoms with E-state index in [-0.39, 0.29) is 13.2 Å². The standard InChI is InChI=1S/C21H21N3O5/c1-4-12-29-20-15(8-7-11-18(20)28-3)13-23-24-19(25)14-22-21(26)16-9-5-6-10-17(16)27-2/h1,5-11,13H,12,14H2,2-3H3,(H,22,26)(H,24,25). The molecule has 2 amide bonds. The smallest absolute Gasteiger partial charge is 0.259 e. The number of methoxy groups -OCH3 is 2. The highest BCUT2D eigenvalue weighted by Crippen LogP contribution is 2.29. The molecular weight excluding hydrogens is 374 g/mol. The third kappa shape index (κ3) is 6.01. The number of benzene rings is 2. The first-order chi connectivity index (χ1) is 14.1. The maximum absolute atomic E-state index is 12.2. The summed E-state index contributed by atoms with van der Waals surface area (Å²) < 4.78 is 15.8. The van der Waals surface area contributed by atoms with E-state index >= 15 is 0 Å². The van der Waals surface area contributed by atoms with E-state index in [2.05, 4.69) is 21.8 Å². The number of nitrogens with zero attached hydrogens (tertiary/aromatic N) is 1. The molecule has 29 heavy (non-hydrogen) atoms. The highest BCUT2D eigenvalue weighted by Gasteiger charge is 2.12. The van der Waals surface area contributed by atoms with Crippen LogP contribution in [-0.2, 0) is 4.79 Å². The fourth-order valence-corrected chi connectivity index (χ4v) is 2.36. The van der Waals surface area contributed by atoms with Crippen LogP contribution in [0.25, 0.3) is 0 Å². The summed E-state index contributed by atoms with van der Waals surface area (Å²) in [6.45, 7) is -0.199. The molecule has 0 radical (unpaired) electrons. The Labute approximate surface area is 168 Å². The molecule has 0 aromatic heterocycles. The molecule has 2 N–H and O–H groups in total. The van der Waals surface area contributed by atoms with Gasteiger partial charge in [-0.1, -0.05) is 24.1 Å². The molecule has 0 heterocycles. The maximum atomic E-state index is 12.2. The molecule has 8 nitrogen and oxygen atoms in total. The van der Waals surface area contributed by atoms with Crippen LogP contribution in [0.15, 0.2) is 47.6 Å². The van der Waals surface area contributed by atoms with Crippen LogP contribution < -0.4 is 25.0 Å². The van der Waals surface area contributed by atoms with Crippen LogP contribution in [-0.4, -0.2) is 45.4 Å². The normalized spacial score (nSPS) is 10.1. The second-order valence-corrected chi connectivity index (χ2v) is 5.55. The lowest BCUT2D eigenvalue weighted by atomic mass is 10.2. The van der Waals surface area contributed by atoms with E-state index in [1.165, 1.54) is 20.4 Å². The van der Waals surface area contributed by atoms with E-state index in [1.807, 2.05) is 0 Å². The quantitative estimate of drug-likeness (QED) is 0.382. The zero-order valence-corrected chi connectivity index (χ0v) is 16.1. The molecule has 0 atom stereocenters. The predicted octanol–water partition coefficient (Wildman–Crippen LogP) is 1.60. The molecule has 0 spiro atoms. The molecule has 0 saturated carbocycles. The van der Waals surface area contributed by atoms with Crippen LogP contribution >= 0.6 is 0 Å². The lowest BCUT2D eigenvalue weighted by Crippen LogP contribution is -2.35. The van der Waals surface area contributed by atoms with E-state index < -0.39 is 11.8 Å². The zero-order chi connectivity index (χ0) is 21.1. The molecule has 2 rings (SSSR count). The number of hydrogen-bond acceptors (Lipinski definition) is 6. The highest BCUT2D eigenvalue weighted by atomic mass is 16.5. The van der Waals surface area contributed by atoms with Crippen molar-refractivity contribution in [3.8, 4) is 29.6 Å². The van der Waals surface area contributed by atoms with Crippen molar-refractivity contribution in [2.75, 3.05) is 27.4 Å². The summed E-state index contributed by atoms with van der Waals surface area (Å²) >= 11 is 0. The Morgan fingerprint density at radius 3 is 2.55 bits per heavy atom. The molecule has 2 aromatic carbocycles. The van der Waals surface area contributed by atoms with Gasteiger partial charge in [0.25, 0.3) is 11.8 Å². The zero-order valence-electron chi connectivity index (χ0n) is 16.1. The van der Waals surface area contributed by atoms with Gasteiger partial charge in [-0.2, -0.15) is 5.10 Å². The Hall–Kier alpha value is -3.99. The fourth-order valence-electron chi connectivity index (χ4n) is 2.36. The average molecular weight is 395 g/mol. The molecule has 0 aliphatic rings. The number of nitrogens with one attached hydrogen (secondary N) is 2. The molecule has 0 aliphatic carbocycles. The second kappa shape index (κ2) is 11.0. The van der Waals surface area contributed by atoms with Crippen molar-refractivity contribution in [1.29, 1.82) is 0 Å². The minimum atomic E-state index is -0.501. The SMILES string of the molecule is C#CCOc1c(C=NNC(=O)CNC(=O)c2ccccc2OC)cccc1OC. The largest absolute Gasteiger partial charge is 0.496 e. The van der Waals surface area contributed by atoms with Crippen LogP contribution in [0.4, 0.5) is 0 Å². The highest BCUT2D eigenvalue weighted by molar-refractivity contribution is 5.98. The van der Waals surface area contributed by atoms with Gasteiger partial charge in [0, 0.05) is 5.56 Å². The van der Waals surface area contributed by atoms with Gasteiger partial charge < -0.3 is 19.5 Å². The van der Waals surface area contributed by atoms with Gasteiger partial charge in [0.15, 0.2) is 11.5 Å². The van der Waals surface area contributed by atoms with Crippen molar-refractivity contribution in [3.05, 3.63) is 53.6 Å². The molecule has 0 saturated heterocycles. The molecule has 0 aliphatic heterocycles. The van der Waals surface area contributed by atoms with Gasteiger partial charge in [0.2, 0.25) is 0 Å². The van der Waals surface area contributed by atoms with Crippen LogP contribution in [0.2, 0.25) is 0 Å². The van der Waals surface area contributed by atoms with E-state index in [1.54, 1.807) is 42.5 Å². The number of para-hydroxylation sites is 2. The van der Waals surface area contributed by atoms with Crippen molar-refractivity contribution >= 4 is 18.0 Å². The van der Waals surface area contributed by atoms with E-state index in [0.717, 1.165) is 0 Å². The fraction of sp³-hybridized carbons (Fsp3) is 0.190. The summed E-state index contributed by atoms with van der Waals surface area (Å²) in [4.78, 5) is 24.1. The Morgan fingerprint density at radius 2 is 1.83 bits per heavy atom. The van der Waals surface area contributed by atoms with Gasteiger partial charge in [0.05, 0.1) is 32.5 Å². The van der Waals surface area contributed by atoms with Gasteiger partial charge in [-0.15, -0.1) is 6.42 Å². The predicted molar refractivity (Wildman–Crippen MR) is 108 cm³/mol. The van der Waals surface area contributed by atoms with E-state index in [4.69, 9.17) is 20.6 Å². The van der Waals surface area contributed by atoms with Gasteiger partial charge in [0.1, 0.15) is 12.4 Å². The Bertz CT molecular complexity index is 934. The number of ether oxygens (including phenoxy) is 3. The maximum Gasteiger partial charge on any atom is 0.259 e. The minimum absolute atomic E-state index is 0.0581. The monoisotopic (exact) mass is 395 g/mol. The third-order valence-corrected chi connectivity index (χ3v) is 3.68. The van der Waals surface area contributed by atoms with Crippen molar-refractivity contribution in [1.82, 2.24) is 10.7 Å². The first-order valence-corrected chi connectivity index (χ1v) is 8.57. The number of carbonyl (C=O) groups is 2. The van der Waals surface area contributed by atoms with Gasteiger partial charge in [-0.05, 0) is 24.3 Å². The Kier molecular flexibility index (Phi) is 8.08. The molecule has 0 bridgehead atoms. The number of rotatable bonds is 9. The van der Waals surface area contributed by atoms with Crippen LogP contribution in [0, 0.1) is 12.3 Å². The van der Waals surface area contributed by atoms with Crippen molar-refractivity contribution < 1.29 is 23.8 Å². The summed E-state index contributed by atoms with van der Waals surface area (Å²) in [7, 11) is 2.97. The van der Waals surface area contributed by atoms with E-state index in [9.17, 15) is 9.59 Å². The Morgan fingerprint density at radius 1 is 1.10 bits per heavy atom. The van der Waals surface area contributed by atoms with Crippen molar-refractivity contribution in [2.45, 2.75) is 0 Å². The number of hydrogen-bond donors (Lipinski definition) is 2. The van der Waals surface area contributed by atoms with Gasteiger partial charge in [-0.3, -0.25) is 9.59 Å². The molecule has 8 heteroatoms. The summed E-state index contributed by atoms with van der Waals surface area (Å²) in [5, 5.41) is 6.39. The van der Waals surface area contributed by atoms with Crippen LogP contribution in [0.1, 0.15) is 15.9 Å². The third-order valence-electron chi connectivity index (χ3n) is 3.68. The summed E-state index contributed by atoms with van der Waals surface area (Å²) in [6.07, 6.45) is 6.62. The van der Waals surface area contributed by atoms with Gasteiger partial charge in [-0.25, -0.2) is 5.43 Å². The molecule has 0 fully saturated rings. The second-order valence-electron chi connectivity index (χ2n) is 5.55. The molecule has 2 aromatic rings. The summed E-state index contributed by atoms with van der Waals surface area (Å²) in [6, 6.07) is 11.9. The minimum Gasteiger partial charge on any atom is -0.496 e. The van der Waals surface area contributed by atoms with Crippen molar-refractivity contribution in [3.63, 3.8) is 0 Å². The van der Waals surface area contributed by atoms with Crippen LogP contribution in [0.3, 0.4) is 0 Å². The number of carbonyl (C=O) groups excluding carboxylic acids is 2.